The quantitative estimate of drug-likeness (QED) is 0.610. The minimum Gasteiger partial charge on any atom is -0.487 e. The number of nitrogens with zero attached hydrogens (tertiary/aromatic N) is 3. The maximum Gasteiger partial charge on any atom is 0.248 e. The fourth-order valence-electron chi connectivity index (χ4n) is 2.57. The molecular formula is C21H22N4O2S. The fraction of sp³-hybridized carbons (Fsp3) is 0.190. The first-order valence-electron chi connectivity index (χ1n) is 8.77. The standard InChI is InChI=1S/C21H22N4O2S/c1-15-23-17(14-28-15)13-27-19-9-5-4-7-16(19)10-11-20(26)24-18-8-6-12-22-21(18)25(2)3/h4-12,14H,13H2,1-3H3,(H,24,26)/b11-10+. The highest BCUT2D eigenvalue weighted by atomic mass is 32.1. The average Bonchev–Trinajstić information content (AvgIpc) is 3.11. The molecule has 0 atom stereocenters. The van der Waals surface area contributed by atoms with E-state index in [1.807, 2.05) is 61.6 Å². The largest absolute Gasteiger partial charge is 0.487 e. The van der Waals surface area contributed by atoms with E-state index in [9.17, 15) is 4.79 Å². The van der Waals surface area contributed by atoms with Crippen molar-refractivity contribution < 1.29 is 9.53 Å². The molecule has 0 radical (unpaired) electrons. The third-order valence-electron chi connectivity index (χ3n) is 3.84. The number of hydrogen-bond acceptors (Lipinski definition) is 6. The van der Waals surface area contributed by atoms with Gasteiger partial charge in [-0.25, -0.2) is 9.97 Å². The number of pyridine rings is 1. The third kappa shape index (κ3) is 5.17. The van der Waals surface area contributed by atoms with E-state index < -0.39 is 0 Å². The van der Waals surface area contributed by atoms with E-state index >= 15 is 0 Å². The van der Waals surface area contributed by atoms with Crippen molar-refractivity contribution >= 4 is 34.8 Å². The summed E-state index contributed by atoms with van der Waals surface area (Å²) in [6.07, 6.45) is 4.92. The van der Waals surface area contributed by atoms with Crippen molar-refractivity contribution in [1.82, 2.24) is 9.97 Å². The van der Waals surface area contributed by atoms with E-state index in [0.29, 0.717) is 23.9 Å². The van der Waals surface area contributed by atoms with Crippen molar-refractivity contribution in [3.8, 4) is 5.75 Å². The number of hydrogen-bond donors (Lipinski definition) is 1. The number of carbonyl (C=O) groups is 1. The highest BCUT2D eigenvalue weighted by Gasteiger charge is 2.08. The Hall–Kier alpha value is -3.19. The number of rotatable bonds is 7. The molecule has 2 heterocycles. The van der Waals surface area contributed by atoms with Gasteiger partial charge in [0.05, 0.1) is 16.4 Å². The Bertz CT molecular complexity index is 982. The second kappa shape index (κ2) is 9.14. The van der Waals surface area contributed by atoms with Crippen LogP contribution in [0.15, 0.2) is 54.1 Å². The number of carbonyl (C=O) groups excluding carboxylic acids is 1. The Balaban J connectivity index is 1.68. The molecule has 6 nitrogen and oxygen atoms in total. The van der Waals surface area contributed by atoms with Gasteiger partial charge in [0.1, 0.15) is 12.4 Å². The van der Waals surface area contributed by atoms with Crippen LogP contribution in [0.1, 0.15) is 16.3 Å². The zero-order valence-corrected chi connectivity index (χ0v) is 16.9. The lowest BCUT2D eigenvalue weighted by atomic mass is 10.2. The van der Waals surface area contributed by atoms with Crippen LogP contribution in [-0.4, -0.2) is 30.0 Å². The summed E-state index contributed by atoms with van der Waals surface area (Å²) in [4.78, 5) is 22.9. The highest BCUT2D eigenvalue weighted by molar-refractivity contribution is 7.09. The summed E-state index contributed by atoms with van der Waals surface area (Å²) in [7, 11) is 3.76. The molecule has 0 fully saturated rings. The van der Waals surface area contributed by atoms with E-state index in [-0.39, 0.29) is 5.91 Å². The number of aryl methyl sites for hydroxylation is 1. The molecule has 3 rings (SSSR count). The van der Waals surface area contributed by atoms with Crippen LogP contribution in [0.2, 0.25) is 0 Å². The second-order valence-corrected chi connectivity index (χ2v) is 7.34. The van der Waals surface area contributed by atoms with Crippen molar-refractivity contribution in [1.29, 1.82) is 0 Å². The Morgan fingerprint density at radius 2 is 2.07 bits per heavy atom. The van der Waals surface area contributed by atoms with Crippen LogP contribution in [0, 0.1) is 6.92 Å². The summed E-state index contributed by atoms with van der Waals surface area (Å²) < 4.78 is 5.88. The third-order valence-corrected chi connectivity index (χ3v) is 4.67. The van der Waals surface area contributed by atoms with E-state index in [1.54, 1.807) is 29.7 Å². The monoisotopic (exact) mass is 394 g/mol. The van der Waals surface area contributed by atoms with Gasteiger partial charge in [0.25, 0.3) is 0 Å². The van der Waals surface area contributed by atoms with Gasteiger partial charge in [0.2, 0.25) is 5.91 Å². The zero-order valence-electron chi connectivity index (χ0n) is 16.0. The van der Waals surface area contributed by atoms with Crippen LogP contribution in [-0.2, 0) is 11.4 Å². The predicted octanol–water partition coefficient (Wildman–Crippen LogP) is 4.14. The molecule has 0 aliphatic carbocycles. The van der Waals surface area contributed by atoms with Crippen molar-refractivity contribution in [3.63, 3.8) is 0 Å². The van der Waals surface area contributed by atoms with Crippen molar-refractivity contribution in [3.05, 3.63) is 70.3 Å². The first kappa shape index (κ1) is 19.6. The van der Waals surface area contributed by atoms with Gasteiger partial charge in [0.15, 0.2) is 5.82 Å². The lowest BCUT2D eigenvalue weighted by molar-refractivity contribution is -0.111. The number of para-hydroxylation sites is 1. The maximum absolute atomic E-state index is 12.4. The summed E-state index contributed by atoms with van der Waals surface area (Å²) in [6, 6.07) is 11.2. The molecule has 7 heteroatoms. The SMILES string of the molecule is Cc1nc(COc2ccccc2/C=C/C(=O)Nc2cccnc2N(C)C)cs1. The number of ether oxygens (including phenoxy) is 1. The lowest BCUT2D eigenvalue weighted by Gasteiger charge is -2.15. The number of benzene rings is 1. The number of amides is 1. The van der Waals surface area contributed by atoms with Gasteiger partial charge in [-0.2, -0.15) is 0 Å². The Kier molecular flexibility index (Phi) is 6.39. The Morgan fingerprint density at radius 1 is 1.25 bits per heavy atom. The molecule has 28 heavy (non-hydrogen) atoms. The number of nitrogens with one attached hydrogen (secondary N) is 1. The molecule has 0 saturated carbocycles. The molecule has 0 spiro atoms. The number of thiazole rings is 1. The van der Waals surface area contributed by atoms with Crippen LogP contribution < -0.4 is 15.0 Å². The molecule has 0 aliphatic rings. The Morgan fingerprint density at radius 3 is 2.82 bits per heavy atom. The van der Waals surface area contributed by atoms with Crippen molar-refractivity contribution in [2.24, 2.45) is 0 Å². The fourth-order valence-corrected chi connectivity index (χ4v) is 3.16. The normalized spacial score (nSPS) is 10.8. The molecule has 0 unspecified atom stereocenters. The van der Waals surface area contributed by atoms with E-state index in [0.717, 1.165) is 16.3 Å². The molecule has 0 aliphatic heterocycles. The maximum atomic E-state index is 12.4. The van der Waals surface area contributed by atoms with Crippen LogP contribution >= 0.6 is 11.3 Å². The van der Waals surface area contributed by atoms with E-state index in [2.05, 4.69) is 15.3 Å². The smallest absolute Gasteiger partial charge is 0.248 e. The van der Waals surface area contributed by atoms with Gasteiger partial charge >= 0.3 is 0 Å². The summed E-state index contributed by atoms with van der Waals surface area (Å²) >= 11 is 1.60. The molecule has 2 aromatic heterocycles. The van der Waals surface area contributed by atoms with Gasteiger partial charge in [-0.15, -0.1) is 11.3 Å². The zero-order chi connectivity index (χ0) is 19.9. The van der Waals surface area contributed by atoms with E-state index in [4.69, 9.17) is 4.74 Å². The number of anilines is 2. The van der Waals surface area contributed by atoms with Gasteiger partial charge < -0.3 is 15.0 Å². The summed E-state index contributed by atoms with van der Waals surface area (Å²) in [5.41, 5.74) is 2.38. The molecule has 0 saturated heterocycles. The first-order valence-corrected chi connectivity index (χ1v) is 9.65. The van der Waals surface area contributed by atoms with Crippen LogP contribution in [0.5, 0.6) is 5.75 Å². The molecule has 1 aromatic carbocycles. The lowest BCUT2D eigenvalue weighted by Crippen LogP contribution is -2.16. The highest BCUT2D eigenvalue weighted by Crippen LogP contribution is 2.22. The molecular weight excluding hydrogens is 372 g/mol. The van der Waals surface area contributed by atoms with Crippen LogP contribution in [0.25, 0.3) is 6.08 Å². The van der Waals surface area contributed by atoms with Crippen LogP contribution in [0.3, 0.4) is 0 Å². The molecule has 144 valence electrons. The minimum absolute atomic E-state index is 0.235. The summed E-state index contributed by atoms with van der Waals surface area (Å²) in [5, 5.41) is 5.86. The topological polar surface area (TPSA) is 67.3 Å². The second-order valence-electron chi connectivity index (χ2n) is 6.28. The van der Waals surface area contributed by atoms with Gasteiger partial charge in [0, 0.05) is 37.3 Å². The molecule has 1 amide bonds. The van der Waals surface area contributed by atoms with Gasteiger partial charge in [-0.05, 0) is 31.2 Å². The van der Waals surface area contributed by atoms with Crippen LogP contribution in [0.4, 0.5) is 11.5 Å². The van der Waals surface area contributed by atoms with Crippen molar-refractivity contribution in [2.75, 3.05) is 24.3 Å². The first-order chi connectivity index (χ1) is 13.5. The molecule has 0 bridgehead atoms. The van der Waals surface area contributed by atoms with Gasteiger partial charge in [-0.1, -0.05) is 18.2 Å². The predicted molar refractivity (Wildman–Crippen MR) is 114 cm³/mol. The molecule has 3 aromatic rings. The minimum atomic E-state index is -0.235. The van der Waals surface area contributed by atoms with E-state index in [1.165, 1.54) is 6.08 Å². The molecule has 1 N–H and O–H groups in total. The van der Waals surface area contributed by atoms with Crippen molar-refractivity contribution in [2.45, 2.75) is 13.5 Å². The Labute approximate surface area is 168 Å². The van der Waals surface area contributed by atoms with Gasteiger partial charge in [-0.3, -0.25) is 4.79 Å². The summed E-state index contributed by atoms with van der Waals surface area (Å²) in [6.45, 7) is 2.36. The average molecular weight is 395 g/mol. The summed E-state index contributed by atoms with van der Waals surface area (Å²) in [5.74, 6) is 1.17. The number of aromatic nitrogens is 2.